The van der Waals surface area contributed by atoms with Crippen molar-refractivity contribution in [1.29, 1.82) is 0 Å². The molecule has 0 saturated heterocycles. The summed E-state index contributed by atoms with van der Waals surface area (Å²) >= 11 is 11.4. The maximum Gasteiger partial charge on any atom is 0.181 e. The number of halogens is 2. The summed E-state index contributed by atoms with van der Waals surface area (Å²) in [6.45, 7) is 1.94. The van der Waals surface area contributed by atoms with Crippen LogP contribution in [0.4, 0.5) is 0 Å². The van der Waals surface area contributed by atoms with Crippen molar-refractivity contribution in [2.75, 3.05) is 0 Å². The van der Waals surface area contributed by atoms with Crippen LogP contribution in [0.15, 0.2) is 17.1 Å². The van der Waals surface area contributed by atoms with Crippen molar-refractivity contribution in [2.24, 2.45) is 0 Å². The average molecular weight is 373 g/mol. The summed E-state index contributed by atoms with van der Waals surface area (Å²) in [7, 11) is 0. The van der Waals surface area contributed by atoms with Gasteiger partial charge >= 0.3 is 0 Å². The van der Waals surface area contributed by atoms with Crippen LogP contribution in [-0.4, -0.2) is 15.2 Å². The van der Waals surface area contributed by atoms with E-state index in [0.717, 1.165) is 22.1 Å². The van der Waals surface area contributed by atoms with Gasteiger partial charge in [0.25, 0.3) is 0 Å². The second kappa shape index (κ2) is 4.56. The van der Waals surface area contributed by atoms with Crippen LogP contribution in [0, 0.1) is 6.92 Å². The van der Waals surface area contributed by atoms with E-state index in [1.807, 2.05) is 6.92 Å². The second-order valence-electron chi connectivity index (χ2n) is 2.23. The predicted octanol–water partition coefficient (Wildman–Crippen LogP) is 3.98. The number of thiazole rings is 1. The van der Waals surface area contributed by atoms with Crippen molar-refractivity contribution in [2.45, 2.75) is 15.6 Å². The molecule has 0 atom stereocenters. The van der Waals surface area contributed by atoms with E-state index in [9.17, 15) is 0 Å². The summed E-state index contributed by atoms with van der Waals surface area (Å²) in [6.07, 6.45) is 0. The zero-order chi connectivity index (χ0) is 10.1. The Morgan fingerprint density at radius 2 is 1.93 bits per heavy atom. The van der Waals surface area contributed by atoms with Crippen LogP contribution in [-0.2, 0) is 0 Å². The van der Waals surface area contributed by atoms with Crippen LogP contribution in [0.2, 0.25) is 0 Å². The Bertz CT molecular complexity index is 433. The van der Waals surface area contributed by atoms with E-state index in [-0.39, 0.29) is 0 Å². The topological polar surface area (TPSA) is 38.7 Å². The van der Waals surface area contributed by atoms with Gasteiger partial charge in [-0.25, -0.2) is 4.98 Å². The highest BCUT2D eigenvalue weighted by Crippen LogP contribution is 2.38. The Morgan fingerprint density at radius 1 is 1.14 bits per heavy atom. The lowest BCUT2D eigenvalue weighted by atomic mass is 10.9. The monoisotopic (exact) mass is 371 g/mol. The highest BCUT2D eigenvalue weighted by Gasteiger charge is 2.10. The first kappa shape index (κ1) is 11.0. The third-order valence-corrected chi connectivity index (χ3v) is 6.23. The fourth-order valence-electron chi connectivity index (χ4n) is 0.704. The molecule has 0 aliphatic carbocycles. The molecule has 2 heterocycles. The molecule has 8 heteroatoms. The summed E-state index contributed by atoms with van der Waals surface area (Å²) < 4.78 is 3.73. The molecular weight excluding hydrogens is 370 g/mol. The Morgan fingerprint density at radius 3 is 2.43 bits per heavy atom. The maximum atomic E-state index is 4.30. The van der Waals surface area contributed by atoms with Gasteiger partial charge in [0, 0.05) is 0 Å². The Kier molecular flexibility index (Phi) is 3.59. The van der Waals surface area contributed by atoms with Crippen molar-refractivity contribution >= 4 is 66.3 Å². The van der Waals surface area contributed by atoms with E-state index in [4.69, 9.17) is 0 Å². The zero-order valence-corrected chi connectivity index (χ0v) is 12.4. The molecule has 0 aliphatic rings. The highest BCUT2D eigenvalue weighted by atomic mass is 79.9. The minimum absolute atomic E-state index is 0.839. The SMILES string of the molecule is Cc1nnc(Sc2nc(Br)c(Br)s2)s1. The smallest absolute Gasteiger partial charge is 0.181 e. The molecule has 0 saturated carbocycles. The number of rotatable bonds is 2. The van der Waals surface area contributed by atoms with Gasteiger partial charge in [0.1, 0.15) is 13.4 Å². The first-order valence-electron chi connectivity index (χ1n) is 3.45. The van der Waals surface area contributed by atoms with E-state index in [1.54, 1.807) is 22.7 Å². The van der Waals surface area contributed by atoms with Crippen LogP contribution in [0.3, 0.4) is 0 Å². The predicted molar refractivity (Wildman–Crippen MR) is 66.3 cm³/mol. The summed E-state index contributed by atoms with van der Waals surface area (Å²) in [6, 6.07) is 0. The fourth-order valence-corrected chi connectivity index (χ4v) is 5.01. The second-order valence-corrected chi connectivity index (χ2v) is 7.98. The quantitative estimate of drug-likeness (QED) is 0.799. The van der Waals surface area contributed by atoms with Crippen LogP contribution >= 0.6 is 66.3 Å². The minimum Gasteiger partial charge on any atom is -0.221 e. The standard InChI is InChI=1S/C6H3Br2N3S3/c1-2-10-11-6(12-2)14-5-9-3(7)4(8)13-5/h1H3. The van der Waals surface area contributed by atoms with Crippen LogP contribution in [0.1, 0.15) is 5.01 Å². The summed E-state index contributed by atoms with van der Waals surface area (Å²) in [5, 5.41) is 8.93. The Hall–Kier alpha value is 0.500. The zero-order valence-electron chi connectivity index (χ0n) is 6.82. The van der Waals surface area contributed by atoms with Gasteiger partial charge in [0.15, 0.2) is 8.68 Å². The van der Waals surface area contributed by atoms with Gasteiger partial charge in [-0.05, 0) is 50.5 Å². The van der Waals surface area contributed by atoms with Crippen LogP contribution < -0.4 is 0 Å². The number of hydrogen-bond donors (Lipinski definition) is 0. The Labute approximate surface area is 110 Å². The van der Waals surface area contributed by atoms with Gasteiger partial charge in [-0.3, -0.25) is 0 Å². The molecule has 2 aromatic rings. The first-order valence-corrected chi connectivity index (χ1v) is 7.48. The van der Waals surface area contributed by atoms with Gasteiger partial charge in [0.05, 0.1) is 0 Å². The molecule has 3 nitrogen and oxygen atoms in total. The number of nitrogens with zero attached hydrogens (tertiary/aromatic N) is 3. The van der Waals surface area contributed by atoms with E-state index in [1.165, 1.54) is 11.8 Å². The lowest BCUT2D eigenvalue weighted by Gasteiger charge is -1.86. The molecule has 0 amide bonds. The third-order valence-electron chi connectivity index (χ3n) is 1.21. The largest absolute Gasteiger partial charge is 0.221 e. The lowest BCUT2D eigenvalue weighted by Crippen LogP contribution is -1.71. The number of aromatic nitrogens is 3. The van der Waals surface area contributed by atoms with Crippen molar-refractivity contribution in [3.8, 4) is 0 Å². The van der Waals surface area contributed by atoms with E-state index < -0.39 is 0 Å². The molecule has 2 rings (SSSR count). The van der Waals surface area contributed by atoms with Gasteiger partial charge in [0.2, 0.25) is 0 Å². The number of hydrogen-bond acceptors (Lipinski definition) is 6. The Balaban J connectivity index is 2.18. The fraction of sp³-hybridized carbons (Fsp3) is 0.167. The van der Waals surface area contributed by atoms with Crippen molar-refractivity contribution < 1.29 is 0 Å². The van der Waals surface area contributed by atoms with Crippen molar-refractivity contribution in [3.05, 3.63) is 13.4 Å². The summed E-state index contributed by atoms with van der Waals surface area (Å²) in [5.41, 5.74) is 0. The molecule has 0 spiro atoms. The van der Waals surface area contributed by atoms with E-state index in [2.05, 4.69) is 47.0 Å². The molecule has 0 fully saturated rings. The van der Waals surface area contributed by atoms with Crippen molar-refractivity contribution in [1.82, 2.24) is 15.2 Å². The molecule has 0 bridgehead atoms. The molecule has 0 N–H and O–H groups in total. The van der Waals surface area contributed by atoms with Gasteiger partial charge in [-0.1, -0.05) is 22.7 Å². The summed E-state index contributed by atoms with van der Waals surface area (Å²) in [4.78, 5) is 4.30. The molecule has 74 valence electrons. The average Bonchev–Trinajstić information content (AvgIpc) is 2.62. The molecule has 14 heavy (non-hydrogen) atoms. The van der Waals surface area contributed by atoms with E-state index >= 15 is 0 Å². The number of aryl methyl sites for hydroxylation is 1. The van der Waals surface area contributed by atoms with Crippen LogP contribution in [0.5, 0.6) is 0 Å². The molecule has 2 aromatic heterocycles. The third kappa shape index (κ3) is 2.54. The highest BCUT2D eigenvalue weighted by molar-refractivity contribution is 9.13. The normalized spacial score (nSPS) is 10.8. The van der Waals surface area contributed by atoms with E-state index in [0.29, 0.717) is 0 Å². The summed E-state index contributed by atoms with van der Waals surface area (Å²) in [5.74, 6) is 0. The molecular formula is C6H3Br2N3S3. The maximum absolute atomic E-state index is 4.30. The first-order chi connectivity index (χ1) is 6.65. The molecule has 0 aliphatic heterocycles. The minimum atomic E-state index is 0.839. The van der Waals surface area contributed by atoms with Gasteiger partial charge in [-0.2, -0.15) is 0 Å². The molecule has 0 aromatic carbocycles. The van der Waals surface area contributed by atoms with Crippen molar-refractivity contribution in [3.63, 3.8) is 0 Å². The molecule has 0 radical (unpaired) electrons. The van der Waals surface area contributed by atoms with Gasteiger partial charge in [-0.15, -0.1) is 10.2 Å². The lowest BCUT2D eigenvalue weighted by molar-refractivity contribution is 0.983. The molecule has 0 unspecified atom stereocenters. The van der Waals surface area contributed by atoms with Crippen LogP contribution in [0.25, 0.3) is 0 Å². The van der Waals surface area contributed by atoms with Gasteiger partial charge < -0.3 is 0 Å².